The fourth-order valence-electron chi connectivity index (χ4n) is 0.564. The van der Waals surface area contributed by atoms with Gasteiger partial charge in [-0.2, -0.15) is 0 Å². The Bertz CT molecular complexity index is 145. The smallest absolute Gasteiger partial charge is 0.0792 e. The van der Waals surface area contributed by atoms with Crippen LogP contribution in [0.15, 0.2) is 22.7 Å². The van der Waals surface area contributed by atoms with Gasteiger partial charge in [0.15, 0.2) is 0 Å². The molecule has 10 heavy (non-hydrogen) atoms. The van der Waals surface area contributed by atoms with E-state index in [1.807, 2.05) is 13.8 Å². The molecule has 0 fully saturated rings. The Morgan fingerprint density at radius 1 is 1.70 bits per heavy atom. The van der Waals surface area contributed by atoms with Gasteiger partial charge in [-0.3, -0.25) is 0 Å². The number of halogens is 1. The van der Waals surface area contributed by atoms with Gasteiger partial charge in [0.25, 0.3) is 0 Å². The maximum absolute atomic E-state index is 9.33. The van der Waals surface area contributed by atoms with Crippen LogP contribution in [0, 0.1) is 0 Å². The summed E-state index contributed by atoms with van der Waals surface area (Å²) in [6.07, 6.45) is 1.95. The molecule has 1 unspecified atom stereocenters. The molecule has 0 aromatic carbocycles. The van der Waals surface area contributed by atoms with Crippen LogP contribution in [-0.2, 0) is 0 Å². The van der Waals surface area contributed by atoms with E-state index in [0.717, 1.165) is 10.1 Å². The molecule has 0 aromatic heterocycles. The second kappa shape index (κ2) is 4.69. The van der Waals surface area contributed by atoms with Crippen LogP contribution in [0.3, 0.4) is 0 Å². The van der Waals surface area contributed by atoms with E-state index in [1.165, 1.54) is 0 Å². The van der Waals surface area contributed by atoms with Crippen molar-refractivity contribution in [3.8, 4) is 0 Å². The van der Waals surface area contributed by atoms with Crippen LogP contribution in [0.4, 0.5) is 0 Å². The summed E-state index contributed by atoms with van der Waals surface area (Å²) in [5.41, 5.74) is 0.972. The molecule has 0 amide bonds. The molecule has 0 heterocycles. The minimum Gasteiger partial charge on any atom is -0.388 e. The summed E-state index contributed by atoms with van der Waals surface area (Å²) in [5, 5.41) is 9.33. The Hall–Kier alpha value is -0.0800. The number of allylic oxidation sites excluding steroid dienone is 1. The molecule has 1 atom stereocenters. The van der Waals surface area contributed by atoms with Crippen molar-refractivity contribution in [2.45, 2.75) is 26.4 Å². The number of hydrogen-bond donors (Lipinski definition) is 1. The van der Waals surface area contributed by atoms with Crippen LogP contribution in [0.5, 0.6) is 0 Å². The van der Waals surface area contributed by atoms with Crippen molar-refractivity contribution < 1.29 is 5.11 Å². The number of aliphatic hydroxyl groups is 1. The maximum Gasteiger partial charge on any atom is 0.0792 e. The number of aliphatic hydroxyl groups excluding tert-OH is 1. The quantitative estimate of drug-likeness (QED) is 0.702. The van der Waals surface area contributed by atoms with Gasteiger partial charge >= 0.3 is 0 Å². The molecule has 2 heteroatoms. The van der Waals surface area contributed by atoms with Crippen molar-refractivity contribution in [1.29, 1.82) is 0 Å². The van der Waals surface area contributed by atoms with Gasteiger partial charge in [-0.05, 0) is 30.3 Å². The Kier molecular flexibility index (Phi) is 4.65. The monoisotopic (exact) mass is 204 g/mol. The molecule has 0 aliphatic rings. The molecule has 0 spiro atoms. The third-order valence-corrected chi connectivity index (χ3v) is 2.06. The molecular formula is C8H13BrO. The van der Waals surface area contributed by atoms with Gasteiger partial charge in [-0.25, -0.2) is 0 Å². The van der Waals surface area contributed by atoms with E-state index in [1.54, 1.807) is 6.08 Å². The summed E-state index contributed by atoms with van der Waals surface area (Å²) in [5.74, 6) is 0. The minimum absolute atomic E-state index is 0.378. The second-order valence-corrected chi connectivity index (χ2v) is 3.45. The lowest BCUT2D eigenvalue weighted by atomic mass is 10.1. The van der Waals surface area contributed by atoms with Crippen molar-refractivity contribution >= 4 is 15.9 Å². The molecule has 1 nitrogen and oxygen atoms in total. The van der Waals surface area contributed by atoms with E-state index in [-0.39, 0.29) is 6.10 Å². The van der Waals surface area contributed by atoms with E-state index in [9.17, 15) is 5.11 Å². The first kappa shape index (κ1) is 9.92. The van der Waals surface area contributed by atoms with E-state index >= 15 is 0 Å². The highest BCUT2D eigenvalue weighted by atomic mass is 79.9. The van der Waals surface area contributed by atoms with E-state index in [2.05, 4.69) is 22.5 Å². The molecule has 0 bridgehead atoms. The third-order valence-electron chi connectivity index (χ3n) is 1.43. The summed E-state index contributed by atoms with van der Waals surface area (Å²) >= 11 is 3.30. The Morgan fingerprint density at radius 3 is 2.50 bits per heavy atom. The van der Waals surface area contributed by atoms with Crippen LogP contribution in [-0.4, -0.2) is 11.2 Å². The molecular weight excluding hydrogens is 192 g/mol. The highest BCUT2D eigenvalue weighted by molar-refractivity contribution is 9.11. The van der Waals surface area contributed by atoms with Crippen molar-refractivity contribution in [2.75, 3.05) is 0 Å². The third kappa shape index (κ3) is 3.18. The van der Waals surface area contributed by atoms with Crippen molar-refractivity contribution in [3.05, 3.63) is 22.7 Å². The molecule has 1 N–H and O–H groups in total. The van der Waals surface area contributed by atoms with Crippen LogP contribution in [0.2, 0.25) is 0 Å². The summed E-state index contributed by atoms with van der Waals surface area (Å²) in [6, 6.07) is 0. The molecule has 0 aliphatic heterocycles. The summed E-state index contributed by atoms with van der Waals surface area (Å²) in [4.78, 5) is 0. The van der Waals surface area contributed by atoms with Gasteiger partial charge in [0.2, 0.25) is 0 Å². The summed E-state index contributed by atoms with van der Waals surface area (Å²) in [6.45, 7) is 7.36. The van der Waals surface area contributed by atoms with Crippen LogP contribution < -0.4 is 0 Å². The Labute approximate surface area is 70.6 Å². The second-order valence-electron chi connectivity index (χ2n) is 2.26. The van der Waals surface area contributed by atoms with E-state index < -0.39 is 0 Å². The average Bonchev–Trinajstić information content (AvgIpc) is 1.87. The standard InChI is InChI=1S/C8H13BrO/c1-4-5-8(10)6(2)7(3)9/h4,8,10H,1,5H2,2-3H3/b7-6-. The van der Waals surface area contributed by atoms with Gasteiger partial charge in [-0.15, -0.1) is 6.58 Å². The van der Waals surface area contributed by atoms with Gasteiger partial charge in [-0.1, -0.05) is 22.0 Å². The summed E-state index contributed by atoms with van der Waals surface area (Å²) < 4.78 is 1.00. The van der Waals surface area contributed by atoms with Crippen LogP contribution in [0.25, 0.3) is 0 Å². The predicted octanol–water partition coefficient (Wildman–Crippen LogP) is 2.61. The molecule has 0 radical (unpaired) electrons. The van der Waals surface area contributed by atoms with Gasteiger partial charge in [0, 0.05) is 0 Å². The van der Waals surface area contributed by atoms with Crippen molar-refractivity contribution in [1.82, 2.24) is 0 Å². The lowest BCUT2D eigenvalue weighted by Gasteiger charge is -2.08. The highest BCUT2D eigenvalue weighted by Crippen LogP contribution is 2.15. The fourth-order valence-corrected chi connectivity index (χ4v) is 0.828. The fraction of sp³-hybridized carbons (Fsp3) is 0.500. The topological polar surface area (TPSA) is 20.2 Å². The van der Waals surface area contributed by atoms with Gasteiger partial charge in [0.1, 0.15) is 0 Å². The largest absolute Gasteiger partial charge is 0.388 e. The normalized spacial score (nSPS) is 16.0. The molecule has 0 saturated carbocycles. The minimum atomic E-state index is -0.378. The zero-order valence-corrected chi connectivity index (χ0v) is 7.98. The first-order chi connectivity index (χ1) is 4.59. The molecule has 0 aromatic rings. The molecule has 0 aliphatic carbocycles. The zero-order chi connectivity index (χ0) is 8.15. The first-order valence-electron chi connectivity index (χ1n) is 3.21. The zero-order valence-electron chi connectivity index (χ0n) is 6.39. The summed E-state index contributed by atoms with van der Waals surface area (Å²) in [7, 11) is 0. The van der Waals surface area contributed by atoms with Crippen molar-refractivity contribution in [2.24, 2.45) is 0 Å². The molecule has 0 rings (SSSR count). The highest BCUT2D eigenvalue weighted by Gasteiger charge is 2.04. The molecule has 0 saturated heterocycles. The molecule has 58 valence electrons. The SMILES string of the molecule is C=CCC(O)/C(C)=C(/C)Br. The van der Waals surface area contributed by atoms with Crippen molar-refractivity contribution in [3.63, 3.8) is 0 Å². The van der Waals surface area contributed by atoms with E-state index in [0.29, 0.717) is 6.42 Å². The van der Waals surface area contributed by atoms with E-state index in [4.69, 9.17) is 0 Å². The van der Waals surface area contributed by atoms with Crippen LogP contribution in [0.1, 0.15) is 20.3 Å². The average molecular weight is 205 g/mol. The van der Waals surface area contributed by atoms with Crippen LogP contribution >= 0.6 is 15.9 Å². The Balaban J connectivity index is 4.06. The number of hydrogen-bond acceptors (Lipinski definition) is 1. The first-order valence-corrected chi connectivity index (χ1v) is 4.00. The maximum atomic E-state index is 9.33. The number of rotatable bonds is 3. The lowest BCUT2D eigenvalue weighted by Crippen LogP contribution is -2.06. The van der Waals surface area contributed by atoms with Gasteiger partial charge < -0.3 is 5.11 Å². The Morgan fingerprint density at radius 2 is 2.20 bits per heavy atom. The van der Waals surface area contributed by atoms with Gasteiger partial charge in [0.05, 0.1) is 6.10 Å². The predicted molar refractivity (Wildman–Crippen MR) is 48.1 cm³/mol. The lowest BCUT2D eigenvalue weighted by molar-refractivity contribution is 0.214.